The number of fused-ring (bicyclic) bond motifs is 4. The molecule has 0 radical (unpaired) electrons. The van der Waals surface area contributed by atoms with Crippen LogP contribution in [-0.4, -0.2) is 24.9 Å². The van der Waals surface area contributed by atoms with E-state index in [1.165, 1.54) is 5.57 Å². The number of rotatable bonds is 2. The van der Waals surface area contributed by atoms with Crippen molar-refractivity contribution in [2.45, 2.75) is 40.2 Å². The minimum atomic E-state index is -0.160. The zero-order valence-corrected chi connectivity index (χ0v) is 19.9. The van der Waals surface area contributed by atoms with Gasteiger partial charge >= 0.3 is 0 Å². The van der Waals surface area contributed by atoms with Crippen LogP contribution in [0.2, 0.25) is 0 Å². The molecular weight excluding hydrogens is 462 g/mol. The standard InChI is InChI=1S/C26H26BrN3O.CH4/c1-26(2)13-17-23-16-6-5-11-28-19(16)8-9-20(23)29-25(24(17)22(31)14-26)15-7-10-21(30(3)4)18(27)12-15;/h5-12,25,29H,13-14H2,1-4H3;1H4. The minimum Gasteiger partial charge on any atom is -0.377 e. The number of nitrogens with one attached hydrogen (secondary N) is 1. The highest BCUT2D eigenvalue weighted by Crippen LogP contribution is 2.52. The van der Waals surface area contributed by atoms with E-state index in [1.807, 2.05) is 26.4 Å². The molecule has 1 N–H and O–H groups in total. The van der Waals surface area contributed by atoms with Crippen molar-refractivity contribution in [3.8, 4) is 0 Å². The van der Waals surface area contributed by atoms with E-state index in [2.05, 4.69) is 81.4 Å². The molecule has 0 amide bonds. The second-order valence-electron chi connectivity index (χ2n) is 9.57. The fourth-order valence-electron chi connectivity index (χ4n) is 5.03. The summed E-state index contributed by atoms with van der Waals surface area (Å²) in [6.07, 6.45) is 3.27. The smallest absolute Gasteiger partial charge is 0.162 e. The van der Waals surface area contributed by atoms with Gasteiger partial charge in [0.15, 0.2) is 5.78 Å². The Morgan fingerprint density at radius 2 is 1.91 bits per heavy atom. The van der Waals surface area contributed by atoms with Crippen LogP contribution in [0.1, 0.15) is 51.3 Å². The van der Waals surface area contributed by atoms with Crippen LogP contribution in [0.4, 0.5) is 11.4 Å². The normalized spacial score (nSPS) is 19.0. The molecule has 32 heavy (non-hydrogen) atoms. The summed E-state index contributed by atoms with van der Waals surface area (Å²) < 4.78 is 1.02. The van der Waals surface area contributed by atoms with E-state index >= 15 is 0 Å². The van der Waals surface area contributed by atoms with Gasteiger partial charge in [0.1, 0.15) is 0 Å². The number of ketones is 1. The maximum atomic E-state index is 13.5. The van der Waals surface area contributed by atoms with Crippen molar-refractivity contribution >= 4 is 49.6 Å². The van der Waals surface area contributed by atoms with Gasteiger partial charge in [0.25, 0.3) is 0 Å². The predicted octanol–water partition coefficient (Wildman–Crippen LogP) is 7.01. The van der Waals surface area contributed by atoms with Crippen LogP contribution >= 0.6 is 15.9 Å². The van der Waals surface area contributed by atoms with Crippen molar-refractivity contribution in [1.82, 2.24) is 4.98 Å². The number of pyridine rings is 1. The van der Waals surface area contributed by atoms with E-state index in [0.29, 0.717) is 6.42 Å². The van der Waals surface area contributed by atoms with Crippen LogP contribution in [0.5, 0.6) is 0 Å². The van der Waals surface area contributed by atoms with E-state index in [9.17, 15) is 4.79 Å². The number of anilines is 2. The first-order valence-electron chi connectivity index (χ1n) is 10.6. The summed E-state index contributed by atoms with van der Waals surface area (Å²) in [5.74, 6) is 0.239. The number of Topliss-reactive ketones (excluding diaryl/α,β-unsaturated/α-hetero) is 1. The molecule has 2 aliphatic rings. The lowest BCUT2D eigenvalue weighted by atomic mass is 9.68. The Morgan fingerprint density at radius 1 is 1.12 bits per heavy atom. The van der Waals surface area contributed by atoms with Gasteiger partial charge in [0.2, 0.25) is 0 Å². The summed E-state index contributed by atoms with van der Waals surface area (Å²) in [5, 5.41) is 4.80. The zero-order valence-electron chi connectivity index (χ0n) is 18.3. The van der Waals surface area contributed by atoms with Gasteiger partial charge in [-0.25, -0.2) is 0 Å². The number of hydrogen-bond acceptors (Lipinski definition) is 4. The van der Waals surface area contributed by atoms with Crippen LogP contribution in [0, 0.1) is 5.41 Å². The second-order valence-corrected chi connectivity index (χ2v) is 10.4. The molecule has 0 fully saturated rings. The van der Waals surface area contributed by atoms with Crippen LogP contribution in [0.3, 0.4) is 0 Å². The highest BCUT2D eigenvalue weighted by molar-refractivity contribution is 9.10. The van der Waals surface area contributed by atoms with Crippen molar-refractivity contribution in [2.75, 3.05) is 24.3 Å². The predicted molar refractivity (Wildman–Crippen MR) is 138 cm³/mol. The molecule has 5 rings (SSSR count). The molecule has 166 valence electrons. The lowest BCUT2D eigenvalue weighted by molar-refractivity contribution is -0.118. The Labute approximate surface area is 198 Å². The molecule has 0 saturated heterocycles. The summed E-state index contributed by atoms with van der Waals surface area (Å²) in [7, 11) is 4.06. The number of carbonyl (C=O) groups is 1. The molecule has 2 heterocycles. The lowest BCUT2D eigenvalue weighted by Gasteiger charge is -2.40. The third-order valence-corrected chi connectivity index (χ3v) is 7.02. The molecule has 2 aromatic carbocycles. The Balaban J connectivity index is 0.00000245. The van der Waals surface area contributed by atoms with Crippen molar-refractivity contribution < 1.29 is 4.79 Å². The van der Waals surface area contributed by atoms with E-state index in [4.69, 9.17) is 0 Å². The first kappa shape index (κ1) is 22.5. The number of allylic oxidation sites excluding steroid dienone is 1. The van der Waals surface area contributed by atoms with E-state index in [0.717, 1.165) is 49.9 Å². The molecule has 4 nitrogen and oxygen atoms in total. The van der Waals surface area contributed by atoms with E-state index in [-0.39, 0.29) is 24.7 Å². The molecule has 1 aromatic heterocycles. The Kier molecular flexibility index (Phi) is 5.66. The summed E-state index contributed by atoms with van der Waals surface area (Å²) >= 11 is 3.72. The fourth-order valence-corrected chi connectivity index (χ4v) is 5.78. The molecule has 1 unspecified atom stereocenters. The largest absolute Gasteiger partial charge is 0.377 e. The molecular formula is C27H30BrN3O. The Hall–Kier alpha value is -2.66. The zero-order chi connectivity index (χ0) is 21.9. The van der Waals surface area contributed by atoms with Gasteiger partial charge in [0.05, 0.1) is 17.2 Å². The van der Waals surface area contributed by atoms with Gasteiger partial charge in [0, 0.05) is 53.4 Å². The van der Waals surface area contributed by atoms with Gasteiger partial charge in [-0.05, 0) is 69.2 Å². The van der Waals surface area contributed by atoms with E-state index in [1.54, 1.807) is 0 Å². The molecule has 5 heteroatoms. The first-order valence-corrected chi connectivity index (χ1v) is 11.4. The van der Waals surface area contributed by atoms with Crippen LogP contribution < -0.4 is 10.2 Å². The molecule has 3 aromatic rings. The van der Waals surface area contributed by atoms with Crippen molar-refractivity contribution in [3.05, 3.63) is 69.8 Å². The fraction of sp³-hybridized carbons (Fsp3) is 0.333. The van der Waals surface area contributed by atoms with Crippen molar-refractivity contribution in [3.63, 3.8) is 0 Å². The summed E-state index contributed by atoms with van der Waals surface area (Å²) in [6, 6.07) is 14.5. The lowest BCUT2D eigenvalue weighted by Crippen LogP contribution is -2.33. The Morgan fingerprint density at radius 3 is 2.62 bits per heavy atom. The quantitative estimate of drug-likeness (QED) is 0.418. The number of hydrogen-bond donors (Lipinski definition) is 1. The third-order valence-electron chi connectivity index (χ3n) is 6.38. The molecule has 1 aliphatic heterocycles. The third kappa shape index (κ3) is 3.62. The molecule has 0 bridgehead atoms. The highest BCUT2D eigenvalue weighted by Gasteiger charge is 2.40. The SMILES string of the molecule is C.CN(C)c1ccc(C2Nc3ccc4ncccc4c3C3=C2C(=O)CC(C)(C)C3)cc1Br. The van der Waals surface area contributed by atoms with Crippen LogP contribution in [-0.2, 0) is 4.79 Å². The van der Waals surface area contributed by atoms with Gasteiger partial charge in [-0.3, -0.25) is 9.78 Å². The molecule has 1 atom stereocenters. The number of aromatic nitrogens is 1. The van der Waals surface area contributed by atoms with Gasteiger partial charge in [-0.15, -0.1) is 0 Å². The topological polar surface area (TPSA) is 45.2 Å². The van der Waals surface area contributed by atoms with Gasteiger partial charge in [-0.1, -0.05) is 33.4 Å². The van der Waals surface area contributed by atoms with Crippen molar-refractivity contribution in [1.29, 1.82) is 0 Å². The summed E-state index contributed by atoms with van der Waals surface area (Å²) in [4.78, 5) is 20.1. The second kappa shape index (κ2) is 8.04. The average Bonchev–Trinajstić information content (AvgIpc) is 2.71. The minimum absolute atomic E-state index is 0. The molecule has 0 saturated carbocycles. The summed E-state index contributed by atoms with van der Waals surface area (Å²) in [6.45, 7) is 4.38. The number of halogens is 1. The first-order chi connectivity index (χ1) is 14.7. The Bertz CT molecular complexity index is 1260. The summed E-state index contributed by atoms with van der Waals surface area (Å²) in [5.41, 5.74) is 7.40. The average molecular weight is 492 g/mol. The van der Waals surface area contributed by atoms with Crippen LogP contribution in [0.25, 0.3) is 16.5 Å². The number of carbonyl (C=O) groups excluding carboxylic acids is 1. The highest BCUT2D eigenvalue weighted by atomic mass is 79.9. The van der Waals surface area contributed by atoms with E-state index < -0.39 is 0 Å². The van der Waals surface area contributed by atoms with Crippen molar-refractivity contribution in [2.24, 2.45) is 5.41 Å². The number of nitrogens with zero attached hydrogens (tertiary/aromatic N) is 2. The van der Waals surface area contributed by atoms with Crippen LogP contribution in [0.15, 0.2) is 58.7 Å². The molecule has 0 spiro atoms. The number of benzene rings is 2. The van der Waals surface area contributed by atoms with Gasteiger partial charge < -0.3 is 10.2 Å². The van der Waals surface area contributed by atoms with Gasteiger partial charge in [-0.2, -0.15) is 0 Å². The maximum absolute atomic E-state index is 13.5. The maximum Gasteiger partial charge on any atom is 0.162 e. The molecule has 1 aliphatic carbocycles. The monoisotopic (exact) mass is 491 g/mol.